The summed E-state index contributed by atoms with van der Waals surface area (Å²) in [5, 5.41) is 4.10. The minimum absolute atomic E-state index is 0.713. The monoisotopic (exact) mass is 315 g/mol. The zero-order valence-electron chi connectivity index (χ0n) is 12.3. The summed E-state index contributed by atoms with van der Waals surface area (Å²) in [4.78, 5) is 2.87. The van der Waals surface area contributed by atoms with Gasteiger partial charge in [-0.15, -0.1) is 23.5 Å². The number of nitrogens with one attached hydrogen (secondary N) is 1. The number of benzene rings is 2. The molecule has 0 radical (unpaired) electrons. The van der Waals surface area contributed by atoms with E-state index in [1.165, 1.54) is 33.1 Å². The molecule has 3 rings (SSSR count). The third-order valence-corrected chi connectivity index (χ3v) is 6.31. The molecule has 0 spiro atoms. The first kappa shape index (κ1) is 15.0. The van der Waals surface area contributed by atoms with Crippen LogP contribution in [0.1, 0.15) is 18.1 Å². The Morgan fingerprint density at radius 1 is 1.19 bits per heavy atom. The van der Waals surface area contributed by atoms with Gasteiger partial charge in [0.2, 0.25) is 0 Å². The van der Waals surface area contributed by atoms with E-state index in [1.807, 2.05) is 23.5 Å². The largest absolute Gasteiger partial charge is 0.313 e. The van der Waals surface area contributed by atoms with Gasteiger partial charge in [0.05, 0.1) is 0 Å². The molecule has 21 heavy (non-hydrogen) atoms. The van der Waals surface area contributed by atoms with Crippen molar-refractivity contribution < 1.29 is 0 Å². The molecule has 0 aliphatic carbocycles. The van der Waals surface area contributed by atoms with Crippen molar-refractivity contribution in [2.75, 3.05) is 12.3 Å². The maximum atomic E-state index is 3.39. The van der Waals surface area contributed by atoms with Crippen LogP contribution in [0.25, 0.3) is 0 Å². The highest BCUT2D eigenvalue weighted by Crippen LogP contribution is 2.39. The fourth-order valence-electron chi connectivity index (χ4n) is 2.55. The van der Waals surface area contributed by atoms with Crippen LogP contribution in [-0.4, -0.2) is 17.5 Å². The third kappa shape index (κ3) is 4.06. The molecule has 1 aliphatic heterocycles. The second-order valence-electron chi connectivity index (χ2n) is 5.29. The summed E-state index contributed by atoms with van der Waals surface area (Å²) in [7, 11) is 0. The third-order valence-electron chi connectivity index (χ3n) is 3.63. The average Bonchev–Trinajstić information content (AvgIpc) is 2.94. The predicted octanol–water partition coefficient (Wildman–Crippen LogP) is 4.61. The highest BCUT2D eigenvalue weighted by molar-refractivity contribution is 8.03. The number of hydrogen-bond donors (Lipinski definition) is 1. The number of hydrogen-bond acceptors (Lipinski definition) is 3. The Balaban J connectivity index is 1.54. The predicted molar refractivity (Wildman–Crippen MR) is 94.3 cm³/mol. The highest BCUT2D eigenvalue weighted by Gasteiger charge is 2.21. The molecule has 0 bridgehead atoms. The molecule has 0 saturated heterocycles. The van der Waals surface area contributed by atoms with Gasteiger partial charge in [-0.25, -0.2) is 0 Å². The second kappa shape index (κ2) is 7.39. The first-order valence-electron chi connectivity index (χ1n) is 7.52. The van der Waals surface area contributed by atoms with Crippen LogP contribution in [0.2, 0.25) is 0 Å². The van der Waals surface area contributed by atoms with E-state index in [0.29, 0.717) is 5.25 Å². The van der Waals surface area contributed by atoms with Gasteiger partial charge >= 0.3 is 0 Å². The molecule has 2 aromatic carbocycles. The van der Waals surface area contributed by atoms with Gasteiger partial charge in [0, 0.05) is 27.3 Å². The lowest BCUT2D eigenvalue weighted by Gasteiger charge is -2.09. The van der Waals surface area contributed by atoms with Crippen molar-refractivity contribution in [3.05, 3.63) is 59.7 Å². The molecular formula is C18H21NS2. The van der Waals surface area contributed by atoms with Crippen molar-refractivity contribution in [2.45, 2.75) is 34.9 Å². The molecular weight excluding hydrogens is 294 g/mol. The molecule has 3 heteroatoms. The summed E-state index contributed by atoms with van der Waals surface area (Å²) in [5.74, 6) is 1.18. The van der Waals surface area contributed by atoms with Crippen LogP contribution in [0.15, 0.2) is 58.3 Å². The second-order valence-corrected chi connectivity index (χ2v) is 7.73. The van der Waals surface area contributed by atoms with E-state index in [0.717, 1.165) is 13.1 Å². The van der Waals surface area contributed by atoms with Crippen LogP contribution in [0.5, 0.6) is 0 Å². The molecule has 1 heterocycles. The molecule has 1 nitrogen and oxygen atoms in total. The quantitative estimate of drug-likeness (QED) is 0.782. The first-order valence-corrected chi connectivity index (χ1v) is 9.38. The minimum Gasteiger partial charge on any atom is -0.313 e. The van der Waals surface area contributed by atoms with E-state index in [4.69, 9.17) is 0 Å². The normalized spacial score (nSPS) is 16.9. The maximum absolute atomic E-state index is 3.39. The smallest absolute Gasteiger partial charge is 0.0229 e. The average molecular weight is 316 g/mol. The molecule has 2 aromatic rings. The van der Waals surface area contributed by atoms with Gasteiger partial charge in [0.25, 0.3) is 0 Å². The fourth-order valence-corrected chi connectivity index (χ4v) is 5.01. The highest BCUT2D eigenvalue weighted by atomic mass is 32.2. The Hall–Kier alpha value is -0.900. The standard InChI is InChI=1S/C18H21NS2/c1-2-19-12-14-6-5-8-16(10-14)20-13-17-11-15-7-3-4-9-18(15)21-17/h3-10,17,19H,2,11-13H2,1H3. The molecule has 0 amide bonds. The summed E-state index contributed by atoms with van der Waals surface area (Å²) in [5.41, 5.74) is 2.90. The van der Waals surface area contributed by atoms with E-state index >= 15 is 0 Å². The van der Waals surface area contributed by atoms with Gasteiger partial charge < -0.3 is 5.32 Å². The molecule has 0 fully saturated rings. The lowest BCUT2D eigenvalue weighted by atomic mass is 10.1. The van der Waals surface area contributed by atoms with E-state index in [9.17, 15) is 0 Å². The summed E-state index contributed by atoms with van der Waals surface area (Å²) in [6.45, 7) is 4.14. The maximum Gasteiger partial charge on any atom is 0.0229 e. The Kier molecular flexibility index (Phi) is 5.28. The van der Waals surface area contributed by atoms with E-state index < -0.39 is 0 Å². The summed E-state index contributed by atoms with van der Waals surface area (Å²) < 4.78 is 0. The van der Waals surface area contributed by atoms with Gasteiger partial charge in [0.15, 0.2) is 0 Å². The molecule has 0 aromatic heterocycles. The van der Waals surface area contributed by atoms with Gasteiger partial charge in [-0.1, -0.05) is 37.3 Å². The summed E-state index contributed by atoms with van der Waals surface area (Å²) in [6, 6.07) is 17.7. The summed E-state index contributed by atoms with van der Waals surface area (Å²) in [6.07, 6.45) is 1.21. The van der Waals surface area contributed by atoms with E-state index in [-0.39, 0.29) is 0 Å². The molecule has 0 saturated carbocycles. The van der Waals surface area contributed by atoms with Crippen molar-refractivity contribution >= 4 is 23.5 Å². The van der Waals surface area contributed by atoms with Gasteiger partial charge in [-0.05, 0) is 42.3 Å². The van der Waals surface area contributed by atoms with Crippen molar-refractivity contribution in [3.8, 4) is 0 Å². The van der Waals surface area contributed by atoms with Crippen LogP contribution in [0.4, 0.5) is 0 Å². The van der Waals surface area contributed by atoms with Crippen LogP contribution in [-0.2, 0) is 13.0 Å². The molecule has 1 unspecified atom stereocenters. The van der Waals surface area contributed by atoms with Crippen LogP contribution in [0, 0.1) is 0 Å². The van der Waals surface area contributed by atoms with Gasteiger partial charge in [-0.2, -0.15) is 0 Å². The van der Waals surface area contributed by atoms with Crippen molar-refractivity contribution in [3.63, 3.8) is 0 Å². The molecule has 1 aliphatic rings. The Morgan fingerprint density at radius 2 is 2.10 bits per heavy atom. The number of fused-ring (bicyclic) bond motifs is 1. The number of rotatable bonds is 6. The van der Waals surface area contributed by atoms with Crippen LogP contribution >= 0.6 is 23.5 Å². The van der Waals surface area contributed by atoms with Gasteiger partial charge in [-0.3, -0.25) is 0 Å². The Morgan fingerprint density at radius 3 is 2.95 bits per heavy atom. The zero-order chi connectivity index (χ0) is 14.5. The summed E-state index contributed by atoms with van der Waals surface area (Å²) >= 11 is 4.03. The molecule has 1 atom stereocenters. The Labute approximate surface area is 135 Å². The van der Waals surface area contributed by atoms with Crippen molar-refractivity contribution in [1.82, 2.24) is 5.32 Å². The molecule has 1 N–H and O–H groups in total. The first-order chi connectivity index (χ1) is 10.3. The van der Waals surface area contributed by atoms with E-state index in [1.54, 1.807) is 0 Å². The minimum atomic E-state index is 0.713. The van der Waals surface area contributed by atoms with Crippen LogP contribution in [0.3, 0.4) is 0 Å². The zero-order valence-corrected chi connectivity index (χ0v) is 14.0. The van der Waals surface area contributed by atoms with E-state index in [2.05, 4.69) is 60.8 Å². The van der Waals surface area contributed by atoms with Crippen LogP contribution < -0.4 is 5.32 Å². The fraction of sp³-hybridized carbons (Fsp3) is 0.333. The molecule has 110 valence electrons. The van der Waals surface area contributed by atoms with Gasteiger partial charge in [0.1, 0.15) is 0 Å². The topological polar surface area (TPSA) is 12.0 Å². The number of thioether (sulfide) groups is 2. The Bertz CT molecular complexity index is 572. The lowest BCUT2D eigenvalue weighted by molar-refractivity contribution is 0.725. The van der Waals surface area contributed by atoms with Crippen molar-refractivity contribution in [1.29, 1.82) is 0 Å². The van der Waals surface area contributed by atoms with Crippen molar-refractivity contribution in [2.24, 2.45) is 0 Å². The lowest BCUT2D eigenvalue weighted by Crippen LogP contribution is -2.11. The SMILES string of the molecule is CCNCc1cccc(SCC2Cc3ccccc3S2)c1.